The molecule has 2 fully saturated rings. The van der Waals surface area contributed by atoms with Crippen molar-refractivity contribution >= 4 is 21.4 Å². The summed E-state index contributed by atoms with van der Waals surface area (Å²) in [5.74, 6) is 0. The average Bonchev–Trinajstić information content (AvgIpc) is 3.07. The second kappa shape index (κ2) is 7.75. The second-order valence-corrected chi connectivity index (χ2v) is 9.05. The molecule has 4 rings (SSSR count). The number of rotatable bonds is 5. The van der Waals surface area contributed by atoms with Crippen molar-refractivity contribution < 1.29 is 9.84 Å². The quantitative estimate of drug-likeness (QED) is 0.857. The Bertz CT molecular complexity index is 651. The summed E-state index contributed by atoms with van der Waals surface area (Å²) >= 11 is 1.91. The summed E-state index contributed by atoms with van der Waals surface area (Å²) in [6.07, 6.45) is 7.25. The molecule has 0 saturated carbocycles. The number of nitrogens with zero attached hydrogens (tertiary/aromatic N) is 1. The standard InChI is InChI=1S/C21H29NO2S/c23-16-21(14-18-6-3-4-12-24-18)8-10-22(11-9-21)15-19-13-17-5-1-2-7-20(17)25-19/h1-2,5,7,13,18,23H,3-4,6,8-12,14-16H2. The van der Waals surface area contributed by atoms with Gasteiger partial charge in [0.05, 0.1) is 6.10 Å². The lowest BCUT2D eigenvalue weighted by Gasteiger charge is -2.43. The van der Waals surface area contributed by atoms with E-state index < -0.39 is 0 Å². The molecule has 25 heavy (non-hydrogen) atoms. The fraction of sp³-hybridized carbons (Fsp3) is 0.619. The Balaban J connectivity index is 1.34. The van der Waals surface area contributed by atoms with Gasteiger partial charge in [-0.25, -0.2) is 0 Å². The Morgan fingerprint density at radius 1 is 1.20 bits per heavy atom. The van der Waals surface area contributed by atoms with Gasteiger partial charge in [0.15, 0.2) is 0 Å². The molecule has 3 heterocycles. The molecule has 1 unspecified atom stereocenters. The number of ether oxygens (including phenoxy) is 1. The van der Waals surface area contributed by atoms with E-state index >= 15 is 0 Å². The van der Waals surface area contributed by atoms with Crippen LogP contribution in [0.15, 0.2) is 30.3 Å². The van der Waals surface area contributed by atoms with Crippen molar-refractivity contribution in [3.63, 3.8) is 0 Å². The summed E-state index contributed by atoms with van der Waals surface area (Å²) in [4.78, 5) is 4.01. The van der Waals surface area contributed by atoms with E-state index in [1.807, 2.05) is 11.3 Å². The van der Waals surface area contributed by atoms with Gasteiger partial charge in [-0.3, -0.25) is 4.90 Å². The molecular formula is C21H29NO2S. The van der Waals surface area contributed by atoms with Crippen molar-refractivity contribution in [2.24, 2.45) is 5.41 Å². The Morgan fingerprint density at radius 2 is 2.04 bits per heavy atom. The molecule has 2 saturated heterocycles. The van der Waals surface area contributed by atoms with E-state index in [0.717, 1.165) is 45.5 Å². The van der Waals surface area contributed by atoms with Gasteiger partial charge in [-0.2, -0.15) is 0 Å². The molecule has 4 heteroatoms. The van der Waals surface area contributed by atoms with E-state index in [1.54, 1.807) is 0 Å². The molecule has 2 aliphatic heterocycles. The van der Waals surface area contributed by atoms with Crippen LogP contribution in [0.3, 0.4) is 0 Å². The van der Waals surface area contributed by atoms with Gasteiger partial charge < -0.3 is 9.84 Å². The third-order valence-electron chi connectivity index (χ3n) is 6.04. The lowest BCUT2D eigenvalue weighted by molar-refractivity contribution is -0.0485. The van der Waals surface area contributed by atoms with Gasteiger partial charge in [0.1, 0.15) is 0 Å². The number of fused-ring (bicyclic) bond motifs is 1. The first-order chi connectivity index (χ1) is 12.3. The van der Waals surface area contributed by atoms with E-state index in [4.69, 9.17) is 4.74 Å². The third-order valence-corrected chi connectivity index (χ3v) is 7.14. The van der Waals surface area contributed by atoms with Crippen molar-refractivity contribution in [2.75, 3.05) is 26.3 Å². The highest BCUT2D eigenvalue weighted by Crippen LogP contribution is 2.39. The minimum Gasteiger partial charge on any atom is -0.396 e. The lowest BCUT2D eigenvalue weighted by atomic mass is 9.74. The van der Waals surface area contributed by atoms with Gasteiger partial charge in [0.25, 0.3) is 0 Å². The van der Waals surface area contributed by atoms with Gasteiger partial charge in [-0.1, -0.05) is 18.2 Å². The predicted octanol–water partition coefficient (Wildman–Crippen LogP) is 4.44. The Hall–Kier alpha value is -0.940. The van der Waals surface area contributed by atoms with Crippen molar-refractivity contribution in [1.29, 1.82) is 0 Å². The Morgan fingerprint density at radius 3 is 2.76 bits per heavy atom. The number of thiophene rings is 1. The van der Waals surface area contributed by atoms with Crippen molar-refractivity contribution in [3.8, 4) is 0 Å². The van der Waals surface area contributed by atoms with Gasteiger partial charge in [-0.05, 0) is 74.5 Å². The first-order valence-corrected chi connectivity index (χ1v) is 10.5. The van der Waals surface area contributed by atoms with Crippen molar-refractivity contribution in [3.05, 3.63) is 35.2 Å². The molecule has 0 radical (unpaired) electrons. The summed E-state index contributed by atoms with van der Waals surface area (Å²) < 4.78 is 7.32. The van der Waals surface area contributed by atoms with Crippen LogP contribution in [-0.4, -0.2) is 42.4 Å². The van der Waals surface area contributed by atoms with Crippen LogP contribution in [0.2, 0.25) is 0 Å². The number of likely N-dealkylation sites (tertiary alicyclic amines) is 1. The van der Waals surface area contributed by atoms with Crippen molar-refractivity contribution in [2.45, 2.75) is 51.2 Å². The summed E-state index contributed by atoms with van der Waals surface area (Å²) in [7, 11) is 0. The molecule has 0 bridgehead atoms. The summed E-state index contributed by atoms with van der Waals surface area (Å²) in [5.41, 5.74) is 0.0820. The van der Waals surface area contributed by atoms with Crippen LogP contribution in [0.1, 0.15) is 43.4 Å². The van der Waals surface area contributed by atoms with Crippen molar-refractivity contribution in [1.82, 2.24) is 4.90 Å². The predicted molar refractivity (Wildman–Crippen MR) is 104 cm³/mol. The van der Waals surface area contributed by atoms with Crippen LogP contribution in [0, 0.1) is 5.41 Å². The maximum absolute atomic E-state index is 10.1. The topological polar surface area (TPSA) is 32.7 Å². The average molecular weight is 360 g/mol. The fourth-order valence-corrected chi connectivity index (χ4v) is 5.51. The highest BCUT2D eigenvalue weighted by molar-refractivity contribution is 7.19. The number of aliphatic hydroxyl groups is 1. The maximum Gasteiger partial charge on any atom is 0.0581 e. The van der Waals surface area contributed by atoms with Crippen LogP contribution in [0.25, 0.3) is 10.1 Å². The van der Waals surface area contributed by atoms with E-state index in [1.165, 1.54) is 34.2 Å². The van der Waals surface area contributed by atoms with Crippen LogP contribution in [0.4, 0.5) is 0 Å². The molecule has 2 aromatic rings. The molecule has 136 valence electrons. The second-order valence-electron chi connectivity index (χ2n) is 7.88. The van der Waals surface area contributed by atoms with E-state index in [9.17, 15) is 5.11 Å². The minimum absolute atomic E-state index is 0.0820. The third kappa shape index (κ3) is 4.08. The monoisotopic (exact) mass is 359 g/mol. The minimum atomic E-state index is 0.0820. The van der Waals surface area contributed by atoms with Gasteiger partial charge in [-0.15, -0.1) is 11.3 Å². The highest BCUT2D eigenvalue weighted by Gasteiger charge is 2.37. The molecular weight excluding hydrogens is 330 g/mol. The smallest absolute Gasteiger partial charge is 0.0581 e. The van der Waals surface area contributed by atoms with Gasteiger partial charge in [0, 0.05) is 29.3 Å². The maximum atomic E-state index is 10.1. The number of piperidine rings is 1. The summed E-state index contributed by atoms with van der Waals surface area (Å²) in [5, 5.41) is 11.4. The summed E-state index contributed by atoms with van der Waals surface area (Å²) in [6.45, 7) is 4.43. The zero-order chi connectivity index (χ0) is 17.1. The number of hydrogen-bond acceptors (Lipinski definition) is 4. The zero-order valence-electron chi connectivity index (χ0n) is 15.0. The summed E-state index contributed by atoms with van der Waals surface area (Å²) in [6, 6.07) is 11.0. The molecule has 1 N–H and O–H groups in total. The fourth-order valence-electron chi connectivity index (χ4n) is 4.40. The molecule has 3 nitrogen and oxygen atoms in total. The largest absolute Gasteiger partial charge is 0.396 e. The molecule has 0 spiro atoms. The van der Waals surface area contributed by atoms with E-state index in [2.05, 4.69) is 35.2 Å². The molecule has 0 amide bonds. The zero-order valence-corrected chi connectivity index (χ0v) is 15.8. The highest BCUT2D eigenvalue weighted by atomic mass is 32.1. The molecule has 1 aromatic heterocycles. The number of aliphatic hydroxyl groups excluding tert-OH is 1. The SMILES string of the molecule is OCC1(CC2CCCCO2)CCN(Cc2cc3ccccc3s2)CC1. The molecule has 1 atom stereocenters. The van der Waals surface area contributed by atoms with Crippen LogP contribution in [0.5, 0.6) is 0 Å². The van der Waals surface area contributed by atoms with Crippen LogP contribution in [-0.2, 0) is 11.3 Å². The Kier molecular flexibility index (Phi) is 5.41. The van der Waals surface area contributed by atoms with Gasteiger partial charge in [0.2, 0.25) is 0 Å². The number of hydrogen-bond donors (Lipinski definition) is 1. The molecule has 1 aromatic carbocycles. The Labute approximate surface area is 154 Å². The molecule has 0 aliphatic carbocycles. The number of benzene rings is 1. The van der Waals surface area contributed by atoms with Crippen LogP contribution >= 0.6 is 11.3 Å². The first kappa shape index (κ1) is 17.5. The first-order valence-electron chi connectivity index (χ1n) is 9.69. The normalized spacial score (nSPS) is 24.6. The lowest BCUT2D eigenvalue weighted by Crippen LogP contribution is -2.44. The molecule has 2 aliphatic rings. The van der Waals surface area contributed by atoms with Gasteiger partial charge >= 0.3 is 0 Å². The van der Waals surface area contributed by atoms with E-state index in [-0.39, 0.29) is 5.41 Å². The van der Waals surface area contributed by atoms with E-state index in [0.29, 0.717) is 12.7 Å². The van der Waals surface area contributed by atoms with Crippen LogP contribution < -0.4 is 0 Å².